The highest BCUT2D eigenvalue weighted by atomic mass is 32.2. The molecule has 0 spiro atoms. The summed E-state index contributed by atoms with van der Waals surface area (Å²) in [5.74, 6) is 0.625. The maximum atomic E-state index is 11.7. The third-order valence-electron chi connectivity index (χ3n) is 4.02. The Balaban J connectivity index is 2.03. The van der Waals surface area contributed by atoms with Gasteiger partial charge in [-0.3, -0.25) is 4.79 Å². The molecule has 110 valence electrons. The van der Waals surface area contributed by atoms with Crippen LogP contribution in [0.5, 0.6) is 5.75 Å². The first-order valence-electron chi connectivity index (χ1n) is 6.89. The number of benzene rings is 1. The monoisotopic (exact) mass is 294 g/mol. The molecule has 3 N–H and O–H groups in total. The van der Waals surface area contributed by atoms with Gasteiger partial charge in [-0.15, -0.1) is 11.8 Å². The third kappa shape index (κ3) is 3.27. The van der Waals surface area contributed by atoms with E-state index in [9.17, 15) is 4.79 Å². The summed E-state index contributed by atoms with van der Waals surface area (Å²) >= 11 is 1.82. The number of ether oxygens (including phenoxy) is 1. The van der Waals surface area contributed by atoms with Crippen LogP contribution >= 0.6 is 11.8 Å². The van der Waals surface area contributed by atoms with Gasteiger partial charge in [-0.25, -0.2) is 0 Å². The van der Waals surface area contributed by atoms with Crippen molar-refractivity contribution >= 4 is 17.7 Å². The van der Waals surface area contributed by atoms with E-state index in [1.54, 1.807) is 7.11 Å². The predicted octanol–water partition coefficient (Wildman–Crippen LogP) is 2.17. The average Bonchev–Trinajstić information content (AvgIpc) is 2.48. The van der Waals surface area contributed by atoms with Crippen LogP contribution in [0.25, 0.3) is 0 Å². The van der Waals surface area contributed by atoms with Crippen molar-refractivity contribution in [1.29, 1.82) is 0 Å². The van der Waals surface area contributed by atoms with Crippen LogP contribution in [-0.2, 0) is 4.79 Å². The summed E-state index contributed by atoms with van der Waals surface area (Å²) in [6, 6.07) is 8.04. The number of likely N-dealkylation sites (N-methyl/N-ethyl adjacent to an activating group) is 1. The number of nitrogens with two attached hydrogens (primary N) is 1. The summed E-state index contributed by atoms with van der Waals surface area (Å²) in [6.07, 6.45) is 3.76. The van der Waals surface area contributed by atoms with Gasteiger partial charge in [-0.1, -0.05) is 0 Å². The molecule has 1 aromatic carbocycles. The second-order valence-electron chi connectivity index (χ2n) is 5.21. The summed E-state index contributed by atoms with van der Waals surface area (Å²) in [5.41, 5.74) is 5.04. The van der Waals surface area contributed by atoms with Crippen LogP contribution in [0.4, 0.5) is 0 Å². The second kappa shape index (κ2) is 6.50. The topological polar surface area (TPSA) is 64.3 Å². The fourth-order valence-corrected chi connectivity index (χ4v) is 4.08. The van der Waals surface area contributed by atoms with Crippen molar-refractivity contribution in [3.63, 3.8) is 0 Å². The van der Waals surface area contributed by atoms with Crippen LogP contribution in [0.1, 0.15) is 25.7 Å². The average molecular weight is 294 g/mol. The molecule has 0 aliphatic heterocycles. The molecule has 0 radical (unpaired) electrons. The van der Waals surface area contributed by atoms with Gasteiger partial charge in [0.15, 0.2) is 0 Å². The summed E-state index contributed by atoms with van der Waals surface area (Å²) < 4.78 is 5.16. The molecule has 1 amide bonds. The molecule has 0 bridgehead atoms. The Morgan fingerprint density at radius 3 is 2.70 bits per heavy atom. The summed E-state index contributed by atoms with van der Waals surface area (Å²) in [6.45, 7) is 0. The molecule has 1 aromatic rings. The number of nitrogens with one attached hydrogen (secondary N) is 1. The predicted molar refractivity (Wildman–Crippen MR) is 82.1 cm³/mol. The maximum Gasteiger partial charge on any atom is 0.237 e. The second-order valence-corrected chi connectivity index (χ2v) is 6.58. The van der Waals surface area contributed by atoms with Crippen LogP contribution in [-0.4, -0.2) is 30.9 Å². The van der Waals surface area contributed by atoms with Crippen LogP contribution < -0.4 is 15.8 Å². The van der Waals surface area contributed by atoms with Gasteiger partial charge in [0.2, 0.25) is 5.91 Å². The molecule has 5 heteroatoms. The van der Waals surface area contributed by atoms with Crippen molar-refractivity contribution in [2.45, 2.75) is 41.4 Å². The van der Waals surface area contributed by atoms with E-state index < -0.39 is 5.54 Å². The van der Waals surface area contributed by atoms with Crippen LogP contribution in [0.3, 0.4) is 0 Å². The van der Waals surface area contributed by atoms with Gasteiger partial charge in [0, 0.05) is 10.1 Å². The number of hydrogen-bond donors (Lipinski definition) is 2. The molecule has 20 heavy (non-hydrogen) atoms. The van der Waals surface area contributed by atoms with E-state index in [0.717, 1.165) is 31.4 Å². The third-order valence-corrected chi connectivity index (χ3v) is 5.30. The largest absolute Gasteiger partial charge is 0.497 e. The van der Waals surface area contributed by atoms with Gasteiger partial charge in [-0.05, 0) is 57.0 Å². The normalized spacial score (nSPS) is 26.2. The molecule has 1 aliphatic carbocycles. The molecule has 2 unspecified atom stereocenters. The maximum absolute atomic E-state index is 11.7. The standard InChI is InChI=1S/C15H22N2O2S/c1-17-15(14(16)18)9-3-4-13(10-15)20-12-7-5-11(19-2)6-8-12/h5-8,13,17H,3-4,9-10H2,1-2H3,(H2,16,18). The number of rotatable bonds is 5. The van der Waals surface area contributed by atoms with Gasteiger partial charge in [0.1, 0.15) is 5.75 Å². The van der Waals surface area contributed by atoms with Crippen LogP contribution in [0.15, 0.2) is 29.2 Å². The molecule has 2 atom stereocenters. The highest BCUT2D eigenvalue weighted by Crippen LogP contribution is 2.38. The Bertz CT molecular complexity index is 463. The van der Waals surface area contributed by atoms with E-state index >= 15 is 0 Å². The first-order chi connectivity index (χ1) is 9.59. The van der Waals surface area contributed by atoms with E-state index in [0.29, 0.717) is 5.25 Å². The molecular formula is C15H22N2O2S. The number of amides is 1. The molecule has 1 fully saturated rings. The van der Waals surface area contributed by atoms with E-state index in [-0.39, 0.29) is 5.91 Å². The quantitative estimate of drug-likeness (QED) is 0.873. The number of thioether (sulfide) groups is 1. The zero-order chi connectivity index (χ0) is 14.6. The zero-order valence-electron chi connectivity index (χ0n) is 12.0. The van der Waals surface area contributed by atoms with E-state index in [2.05, 4.69) is 17.4 Å². The van der Waals surface area contributed by atoms with Crippen LogP contribution in [0.2, 0.25) is 0 Å². The molecule has 1 saturated carbocycles. The lowest BCUT2D eigenvalue weighted by atomic mass is 9.81. The first-order valence-corrected chi connectivity index (χ1v) is 7.77. The molecule has 0 saturated heterocycles. The van der Waals surface area contributed by atoms with Gasteiger partial charge >= 0.3 is 0 Å². The first kappa shape index (κ1) is 15.2. The van der Waals surface area contributed by atoms with Crippen molar-refractivity contribution < 1.29 is 9.53 Å². The van der Waals surface area contributed by atoms with Gasteiger partial charge in [0.05, 0.1) is 12.6 Å². The van der Waals surface area contributed by atoms with Gasteiger partial charge in [0.25, 0.3) is 0 Å². The Morgan fingerprint density at radius 1 is 1.45 bits per heavy atom. The Labute approximate surface area is 124 Å². The molecule has 0 aromatic heterocycles. The van der Waals surface area contributed by atoms with E-state index in [1.807, 2.05) is 30.9 Å². The van der Waals surface area contributed by atoms with Gasteiger partial charge in [-0.2, -0.15) is 0 Å². The highest BCUT2D eigenvalue weighted by Gasteiger charge is 2.40. The summed E-state index contributed by atoms with van der Waals surface area (Å²) in [5, 5.41) is 3.56. The van der Waals surface area contributed by atoms with Crippen molar-refractivity contribution in [3.8, 4) is 5.75 Å². The minimum absolute atomic E-state index is 0.236. The van der Waals surface area contributed by atoms with Gasteiger partial charge < -0.3 is 15.8 Å². The van der Waals surface area contributed by atoms with Crippen LogP contribution in [0, 0.1) is 0 Å². The lowest BCUT2D eigenvalue weighted by Gasteiger charge is -2.38. The van der Waals surface area contributed by atoms with Crippen molar-refractivity contribution in [3.05, 3.63) is 24.3 Å². The Kier molecular flexibility index (Phi) is 4.94. The van der Waals surface area contributed by atoms with Crippen molar-refractivity contribution in [1.82, 2.24) is 5.32 Å². The zero-order valence-corrected chi connectivity index (χ0v) is 12.8. The SMILES string of the molecule is CNC1(C(N)=O)CCCC(Sc2ccc(OC)cc2)C1. The minimum Gasteiger partial charge on any atom is -0.497 e. The number of methoxy groups -OCH3 is 1. The minimum atomic E-state index is -0.539. The lowest BCUT2D eigenvalue weighted by molar-refractivity contribution is -0.125. The van der Waals surface area contributed by atoms with Crippen molar-refractivity contribution in [2.24, 2.45) is 5.73 Å². The summed E-state index contributed by atoms with van der Waals surface area (Å²) in [4.78, 5) is 12.9. The summed E-state index contributed by atoms with van der Waals surface area (Å²) in [7, 11) is 3.49. The lowest BCUT2D eigenvalue weighted by Crippen LogP contribution is -2.57. The molecule has 0 heterocycles. The number of carbonyl (C=O) groups is 1. The van der Waals surface area contributed by atoms with E-state index in [1.165, 1.54) is 4.90 Å². The number of carbonyl (C=O) groups excluding carboxylic acids is 1. The number of primary amides is 1. The molecule has 4 nitrogen and oxygen atoms in total. The fourth-order valence-electron chi connectivity index (χ4n) is 2.75. The molecular weight excluding hydrogens is 272 g/mol. The van der Waals surface area contributed by atoms with E-state index in [4.69, 9.17) is 10.5 Å². The smallest absolute Gasteiger partial charge is 0.237 e. The van der Waals surface area contributed by atoms with Crippen molar-refractivity contribution in [2.75, 3.05) is 14.2 Å². The highest BCUT2D eigenvalue weighted by molar-refractivity contribution is 8.00. The Morgan fingerprint density at radius 2 is 2.15 bits per heavy atom. The molecule has 2 rings (SSSR count). The Hall–Kier alpha value is -1.20. The molecule has 1 aliphatic rings. The number of hydrogen-bond acceptors (Lipinski definition) is 4. The fraction of sp³-hybridized carbons (Fsp3) is 0.533.